The van der Waals surface area contributed by atoms with Gasteiger partial charge in [0, 0.05) is 16.5 Å². The fourth-order valence-corrected chi connectivity index (χ4v) is 2.76. The number of phenols is 5. The summed E-state index contributed by atoms with van der Waals surface area (Å²) in [7, 11) is 0. The Labute approximate surface area is 140 Å². The van der Waals surface area contributed by atoms with Gasteiger partial charge in [-0.2, -0.15) is 0 Å². The van der Waals surface area contributed by atoms with Crippen molar-refractivity contribution in [3.63, 3.8) is 0 Å². The predicted octanol–water partition coefficient (Wildman–Crippen LogP) is 2.66. The largest absolute Gasteiger partial charge is 0.507 e. The van der Waals surface area contributed by atoms with Gasteiger partial charge < -0.3 is 25.5 Å². The minimum atomic E-state index is -0.519. The van der Waals surface area contributed by atoms with E-state index in [1.165, 1.54) is 18.2 Å². The summed E-state index contributed by atoms with van der Waals surface area (Å²) in [6.07, 6.45) is 0.665. The van der Waals surface area contributed by atoms with Crippen LogP contribution in [0.4, 0.5) is 0 Å². The first kappa shape index (κ1) is 16.1. The minimum Gasteiger partial charge on any atom is -0.507 e. The van der Waals surface area contributed by atoms with Gasteiger partial charge in [-0.05, 0) is 35.2 Å². The molecule has 0 unspecified atom stereocenters. The zero-order valence-electron chi connectivity index (χ0n) is 12.6. The molecule has 3 rings (SSSR count). The Morgan fingerprint density at radius 2 is 1.20 bits per heavy atom. The van der Waals surface area contributed by atoms with Crippen LogP contribution in [0.3, 0.4) is 0 Å². The van der Waals surface area contributed by atoms with Crippen LogP contribution in [0.1, 0.15) is 20.7 Å². The first-order valence-corrected chi connectivity index (χ1v) is 7.06. The Bertz CT molecular complexity index is 1040. The molecule has 7 nitrogen and oxygen atoms in total. The lowest BCUT2D eigenvalue weighted by Gasteiger charge is -2.15. The summed E-state index contributed by atoms with van der Waals surface area (Å²) in [5.41, 5.74) is -0.0450. The second-order valence-corrected chi connectivity index (χ2v) is 5.38. The standard InChI is InChI=1S/C18H12O7/c19-6-11-12(7-20)18(25)10-5-16(24)15(23)4-9(10)17(11)8-1-2-13(21)14(22)3-8/h1-7,21-25H. The molecule has 0 spiro atoms. The van der Waals surface area contributed by atoms with Crippen LogP contribution in [0.5, 0.6) is 28.7 Å². The topological polar surface area (TPSA) is 135 Å². The maximum atomic E-state index is 11.6. The quantitative estimate of drug-likeness (QED) is 0.365. The van der Waals surface area contributed by atoms with Crippen LogP contribution in [-0.2, 0) is 0 Å². The molecule has 0 atom stereocenters. The van der Waals surface area contributed by atoms with Gasteiger partial charge in [-0.25, -0.2) is 0 Å². The number of hydrogen-bond acceptors (Lipinski definition) is 7. The molecule has 0 radical (unpaired) electrons. The predicted molar refractivity (Wildman–Crippen MR) is 88.5 cm³/mol. The fourth-order valence-electron chi connectivity index (χ4n) is 2.76. The number of fused-ring (bicyclic) bond motifs is 1. The molecule has 126 valence electrons. The zero-order valence-corrected chi connectivity index (χ0v) is 12.6. The Morgan fingerprint density at radius 1 is 0.640 bits per heavy atom. The van der Waals surface area contributed by atoms with Crippen LogP contribution in [-0.4, -0.2) is 38.1 Å². The molecule has 0 aliphatic rings. The van der Waals surface area contributed by atoms with Crippen molar-refractivity contribution in [3.8, 4) is 39.9 Å². The summed E-state index contributed by atoms with van der Waals surface area (Å²) in [6.45, 7) is 0. The molecule has 0 saturated heterocycles. The highest BCUT2D eigenvalue weighted by molar-refractivity contribution is 6.13. The second-order valence-electron chi connectivity index (χ2n) is 5.38. The van der Waals surface area contributed by atoms with Gasteiger partial charge >= 0.3 is 0 Å². The van der Waals surface area contributed by atoms with E-state index in [9.17, 15) is 35.1 Å². The van der Waals surface area contributed by atoms with E-state index in [4.69, 9.17) is 0 Å². The fraction of sp³-hybridized carbons (Fsp3) is 0. The number of carbonyl (C=O) groups is 2. The van der Waals surface area contributed by atoms with Crippen LogP contribution in [0.15, 0.2) is 30.3 Å². The van der Waals surface area contributed by atoms with Gasteiger partial charge in [0.05, 0.1) is 5.56 Å². The van der Waals surface area contributed by atoms with E-state index in [0.717, 1.165) is 12.1 Å². The summed E-state index contributed by atoms with van der Waals surface area (Å²) >= 11 is 0. The highest BCUT2D eigenvalue weighted by Crippen LogP contribution is 2.44. The molecule has 3 aromatic carbocycles. The van der Waals surface area contributed by atoms with Crippen molar-refractivity contribution < 1.29 is 35.1 Å². The van der Waals surface area contributed by atoms with Gasteiger partial charge in [0.15, 0.2) is 35.6 Å². The Kier molecular flexibility index (Phi) is 3.69. The maximum absolute atomic E-state index is 11.6. The molecule has 0 aliphatic carbocycles. The Hall–Kier alpha value is -3.74. The van der Waals surface area contributed by atoms with E-state index >= 15 is 0 Å². The van der Waals surface area contributed by atoms with E-state index in [0.29, 0.717) is 12.6 Å². The number of rotatable bonds is 3. The van der Waals surface area contributed by atoms with Gasteiger partial charge in [-0.15, -0.1) is 0 Å². The third-order valence-electron chi connectivity index (χ3n) is 3.95. The molecule has 25 heavy (non-hydrogen) atoms. The van der Waals surface area contributed by atoms with Gasteiger partial charge in [-0.1, -0.05) is 6.07 Å². The normalized spacial score (nSPS) is 10.7. The monoisotopic (exact) mass is 340 g/mol. The van der Waals surface area contributed by atoms with Crippen LogP contribution < -0.4 is 0 Å². The molecule has 5 N–H and O–H groups in total. The molecule has 0 heterocycles. The molecular weight excluding hydrogens is 328 g/mol. The van der Waals surface area contributed by atoms with Crippen molar-refractivity contribution in [1.82, 2.24) is 0 Å². The Morgan fingerprint density at radius 3 is 1.76 bits per heavy atom. The van der Waals surface area contributed by atoms with Gasteiger partial charge in [0.2, 0.25) is 0 Å². The van der Waals surface area contributed by atoms with Crippen molar-refractivity contribution in [2.75, 3.05) is 0 Å². The van der Waals surface area contributed by atoms with Gasteiger partial charge in [0.25, 0.3) is 0 Å². The smallest absolute Gasteiger partial charge is 0.158 e. The third-order valence-corrected chi connectivity index (χ3v) is 3.95. The number of aromatic hydroxyl groups is 5. The number of hydrogen-bond donors (Lipinski definition) is 5. The molecule has 0 aliphatic heterocycles. The third kappa shape index (κ3) is 2.38. The molecule has 0 aromatic heterocycles. The lowest BCUT2D eigenvalue weighted by atomic mass is 9.89. The summed E-state index contributed by atoms with van der Waals surface area (Å²) < 4.78 is 0. The molecule has 0 saturated carbocycles. The van der Waals surface area contributed by atoms with Crippen molar-refractivity contribution in [2.24, 2.45) is 0 Å². The Balaban J connectivity index is 2.56. The summed E-state index contributed by atoms with van der Waals surface area (Å²) in [4.78, 5) is 23.0. The van der Waals surface area contributed by atoms with Gasteiger partial charge in [-0.3, -0.25) is 9.59 Å². The molecule has 7 heteroatoms. The summed E-state index contributed by atoms with van der Waals surface area (Å²) in [5.74, 6) is -2.36. The van der Waals surface area contributed by atoms with Crippen molar-refractivity contribution >= 4 is 23.3 Å². The zero-order chi connectivity index (χ0) is 18.3. The van der Waals surface area contributed by atoms with E-state index in [2.05, 4.69) is 0 Å². The number of benzene rings is 3. The van der Waals surface area contributed by atoms with Gasteiger partial charge in [0.1, 0.15) is 5.75 Å². The molecule has 3 aromatic rings. The highest BCUT2D eigenvalue weighted by atomic mass is 16.3. The first-order valence-electron chi connectivity index (χ1n) is 7.06. The van der Waals surface area contributed by atoms with Crippen molar-refractivity contribution in [1.29, 1.82) is 0 Å². The average Bonchev–Trinajstić information content (AvgIpc) is 2.59. The first-order chi connectivity index (χ1) is 11.9. The molecular formula is C18H12O7. The van der Waals surface area contributed by atoms with E-state index in [1.807, 2.05) is 0 Å². The van der Waals surface area contributed by atoms with Crippen LogP contribution >= 0.6 is 0 Å². The van der Waals surface area contributed by atoms with E-state index < -0.39 is 23.0 Å². The van der Waals surface area contributed by atoms with Crippen molar-refractivity contribution in [3.05, 3.63) is 41.5 Å². The maximum Gasteiger partial charge on any atom is 0.158 e. The van der Waals surface area contributed by atoms with Crippen LogP contribution in [0.25, 0.3) is 21.9 Å². The van der Waals surface area contributed by atoms with E-state index in [-0.39, 0.29) is 38.8 Å². The number of carbonyl (C=O) groups excluding carboxylic acids is 2. The number of aldehydes is 2. The highest BCUT2D eigenvalue weighted by Gasteiger charge is 2.22. The second kappa shape index (κ2) is 5.72. The van der Waals surface area contributed by atoms with E-state index in [1.54, 1.807) is 0 Å². The molecule has 0 bridgehead atoms. The number of phenolic OH excluding ortho intramolecular Hbond substituents is 5. The molecule has 0 fully saturated rings. The summed E-state index contributed by atoms with van der Waals surface area (Å²) in [6, 6.07) is 5.95. The summed E-state index contributed by atoms with van der Waals surface area (Å²) in [5, 5.41) is 49.1. The van der Waals surface area contributed by atoms with Crippen LogP contribution in [0, 0.1) is 0 Å². The van der Waals surface area contributed by atoms with Crippen LogP contribution in [0.2, 0.25) is 0 Å². The average molecular weight is 340 g/mol. The molecule has 0 amide bonds. The minimum absolute atomic E-state index is 0.0329. The lowest BCUT2D eigenvalue weighted by Crippen LogP contribution is -1.98. The SMILES string of the molecule is O=Cc1c(C=O)c(-c2ccc(O)c(O)c2)c2cc(O)c(O)cc2c1O. The van der Waals surface area contributed by atoms with Crippen molar-refractivity contribution in [2.45, 2.75) is 0 Å². The lowest BCUT2D eigenvalue weighted by molar-refractivity contribution is 0.109.